The fourth-order valence-electron chi connectivity index (χ4n) is 3.56. The molecule has 6 heteroatoms. The number of ether oxygens (including phenoxy) is 1. The molecule has 3 N–H and O–H groups in total. The zero-order chi connectivity index (χ0) is 20.8. The predicted molar refractivity (Wildman–Crippen MR) is 119 cm³/mol. The first-order chi connectivity index (χ1) is 14.7. The molecule has 6 nitrogen and oxygen atoms in total. The monoisotopic (exact) mass is 403 g/mol. The second-order valence-electron chi connectivity index (χ2n) is 7.35. The van der Waals surface area contributed by atoms with Gasteiger partial charge in [0.25, 0.3) is 5.91 Å². The molecule has 1 unspecified atom stereocenters. The average Bonchev–Trinajstić information content (AvgIpc) is 3.30. The predicted octanol–water partition coefficient (Wildman–Crippen LogP) is 3.80. The molecule has 0 spiro atoms. The van der Waals surface area contributed by atoms with Gasteiger partial charge in [0.15, 0.2) is 0 Å². The molecule has 1 saturated heterocycles. The maximum atomic E-state index is 12.4. The van der Waals surface area contributed by atoms with Crippen LogP contribution in [0.1, 0.15) is 23.2 Å². The number of amides is 2. The number of anilines is 2. The molecule has 4 rings (SSSR count). The summed E-state index contributed by atoms with van der Waals surface area (Å²) < 4.78 is 5.52. The highest BCUT2D eigenvalue weighted by Crippen LogP contribution is 2.22. The Bertz CT molecular complexity index is 1020. The van der Waals surface area contributed by atoms with Crippen LogP contribution in [0.2, 0.25) is 0 Å². The molecule has 2 amide bonds. The fraction of sp³-hybridized carbons (Fsp3) is 0.250. The second kappa shape index (κ2) is 9.41. The molecule has 1 aliphatic rings. The Morgan fingerprint density at radius 2 is 1.77 bits per heavy atom. The van der Waals surface area contributed by atoms with Crippen LogP contribution in [0.15, 0.2) is 66.7 Å². The summed E-state index contributed by atoms with van der Waals surface area (Å²) >= 11 is 0. The lowest BCUT2D eigenvalue weighted by Gasteiger charge is -2.12. The molecule has 3 aromatic rings. The zero-order valence-corrected chi connectivity index (χ0v) is 16.7. The number of benzene rings is 3. The molecule has 1 aliphatic heterocycles. The Morgan fingerprint density at radius 1 is 0.967 bits per heavy atom. The number of hydrogen-bond acceptors (Lipinski definition) is 4. The van der Waals surface area contributed by atoms with Gasteiger partial charge in [0.1, 0.15) is 0 Å². The van der Waals surface area contributed by atoms with Gasteiger partial charge < -0.3 is 20.7 Å². The van der Waals surface area contributed by atoms with Gasteiger partial charge >= 0.3 is 0 Å². The number of carbonyl (C=O) groups is 2. The van der Waals surface area contributed by atoms with Crippen LogP contribution < -0.4 is 16.0 Å². The Labute approximate surface area is 175 Å². The maximum absolute atomic E-state index is 12.4. The first-order valence-corrected chi connectivity index (χ1v) is 10.2. The summed E-state index contributed by atoms with van der Waals surface area (Å²) in [4.78, 5) is 24.6. The topological polar surface area (TPSA) is 79.5 Å². The van der Waals surface area contributed by atoms with Crippen molar-refractivity contribution in [1.82, 2.24) is 5.32 Å². The zero-order valence-electron chi connectivity index (χ0n) is 16.7. The molecule has 0 aromatic heterocycles. The minimum Gasteiger partial charge on any atom is -0.376 e. The summed E-state index contributed by atoms with van der Waals surface area (Å²) in [5.41, 5.74) is 2.15. The van der Waals surface area contributed by atoms with E-state index in [0.717, 1.165) is 41.6 Å². The Morgan fingerprint density at radius 3 is 2.57 bits per heavy atom. The number of hydrogen-bond donors (Lipinski definition) is 3. The SMILES string of the molecule is O=C(CNc1ccc(C(=O)NCC2CCCO2)cc1)Nc1cccc2ccccc12. The van der Waals surface area contributed by atoms with E-state index in [-0.39, 0.29) is 24.5 Å². The number of carbonyl (C=O) groups excluding carboxylic acids is 2. The molecule has 154 valence electrons. The fourth-order valence-corrected chi connectivity index (χ4v) is 3.56. The van der Waals surface area contributed by atoms with Crippen LogP contribution in [0.5, 0.6) is 0 Å². The minimum absolute atomic E-state index is 0.120. The summed E-state index contributed by atoms with van der Waals surface area (Å²) in [6.45, 7) is 1.44. The standard InChI is InChI=1S/C24H25N3O3/c28-23(27-22-9-3-6-17-5-1-2-8-21(17)22)16-25-19-12-10-18(11-13-19)24(29)26-15-20-7-4-14-30-20/h1-3,5-6,8-13,20,25H,4,7,14-16H2,(H,26,29)(H,27,28). The summed E-state index contributed by atoms with van der Waals surface area (Å²) in [7, 11) is 0. The van der Waals surface area contributed by atoms with Gasteiger partial charge in [-0.25, -0.2) is 0 Å². The highest BCUT2D eigenvalue weighted by molar-refractivity contribution is 6.03. The molecular weight excluding hydrogens is 378 g/mol. The van der Waals surface area contributed by atoms with Crippen molar-refractivity contribution in [2.75, 3.05) is 30.3 Å². The quantitative estimate of drug-likeness (QED) is 0.561. The third kappa shape index (κ3) is 4.96. The van der Waals surface area contributed by atoms with E-state index >= 15 is 0 Å². The lowest BCUT2D eigenvalue weighted by Crippen LogP contribution is -2.31. The van der Waals surface area contributed by atoms with Crippen LogP contribution in [0.25, 0.3) is 10.8 Å². The third-order valence-electron chi connectivity index (χ3n) is 5.18. The van der Waals surface area contributed by atoms with Crippen LogP contribution in [0.3, 0.4) is 0 Å². The normalized spacial score (nSPS) is 15.7. The lowest BCUT2D eigenvalue weighted by molar-refractivity contribution is -0.114. The molecular formula is C24H25N3O3. The molecule has 3 aromatic carbocycles. The smallest absolute Gasteiger partial charge is 0.251 e. The van der Waals surface area contributed by atoms with E-state index < -0.39 is 0 Å². The van der Waals surface area contributed by atoms with Crippen molar-refractivity contribution >= 4 is 34.0 Å². The van der Waals surface area contributed by atoms with Crippen LogP contribution in [-0.4, -0.2) is 37.6 Å². The maximum Gasteiger partial charge on any atom is 0.251 e. The Balaban J connectivity index is 1.28. The molecule has 0 radical (unpaired) electrons. The van der Waals surface area contributed by atoms with Gasteiger partial charge in [0.05, 0.1) is 12.6 Å². The van der Waals surface area contributed by atoms with E-state index in [0.29, 0.717) is 12.1 Å². The van der Waals surface area contributed by atoms with E-state index in [4.69, 9.17) is 4.74 Å². The molecule has 0 bridgehead atoms. The van der Waals surface area contributed by atoms with Gasteiger partial charge in [-0.15, -0.1) is 0 Å². The summed E-state index contributed by atoms with van der Waals surface area (Å²) in [5, 5.41) is 11.0. The second-order valence-corrected chi connectivity index (χ2v) is 7.35. The number of rotatable bonds is 7. The van der Waals surface area contributed by atoms with Crippen molar-refractivity contribution < 1.29 is 14.3 Å². The van der Waals surface area contributed by atoms with Crippen LogP contribution in [-0.2, 0) is 9.53 Å². The van der Waals surface area contributed by atoms with Crippen molar-refractivity contribution in [1.29, 1.82) is 0 Å². The summed E-state index contributed by atoms with van der Waals surface area (Å²) in [5.74, 6) is -0.254. The Kier molecular flexibility index (Phi) is 6.25. The van der Waals surface area contributed by atoms with Gasteiger partial charge in [-0.1, -0.05) is 36.4 Å². The molecule has 0 aliphatic carbocycles. The average molecular weight is 403 g/mol. The first-order valence-electron chi connectivity index (χ1n) is 10.2. The van der Waals surface area contributed by atoms with Crippen molar-refractivity contribution in [2.24, 2.45) is 0 Å². The molecule has 1 fully saturated rings. The van der Waals surface area contributed by atoms with Crippen molar-refractivity contribution in [3.05, 3.63) is 72.3 Å². The van der Waals surface area contributed by atoms with E-state index in [2.05, 4.69) is 16.0 Å². The van der Waals surface area contributed by atoms with Crippen molar-refractivity contribution in [3.8, 4) is 0 Å². The number of fused-ring (bicyclic) bond motifs is 1. The van der Waals surface area contributed by atoms with Crippen LogP contribution in [0, 0.1) is 0 Å². The molecule has 30 heavy (non-hydrogen) atoms. The van der Waals surface area contributed by atoms with Crippen molar-refractivity contribution in [3.63, 3.8) is 0 Å². The van der Waals surface area contributed by atoms with E-state index in [1.54, 1.807) is 24.3 Å². The van der Waals surface area contributed by atoms with E-state index in [1.807, 2.05) is 42.5 Å². The van der Waals surface area contributed by atoms with E-state index in [9.17, 15) is 9.59 Å². The first kappa shape index (κ1) is 19.9. The van der Waals surface area contributed by atoms with Gasteiger partial charge in [0.2, 0.25) is 5.91 Å². The van der Waals surface area contributed by atoms with Gasteiger partial charge in [-0.05, 0) is 48.6 Å². The van der Waals surface area contributed by atoms with Crippen LogP contribution >= 0.6 is 0 Å². The van der Waals surface area contributed by atoms with Crippen molar-refractivity contribution in [2.45, 2.75) is 18.9 Å². The Hall–Kier alpha value is -3.38. The lowest BCUT2D eigenvalue weighted by atomic mass is 10.1. The van der Waals surface area contributed by atoms with Gasteiger partial charge in [0, 0.05) is 35.5 Å². The van der Waals surface area contributed by atoms with Gasteiger partial charge in [-0.3, -0.25) is 9.59 Å². The largest absolute Gasteiger partial charge is 0.376 e. The molecule has 1 atom stereocenters. The van der Waals surface area contributed by atoms with Crippen LogP contribution in [0.4, 0.5) is 11.4 Å². The molecule has 1 heterocycles. The minimum atomic E-state index is -0.135. The highest BCUT2D eigenvalue weighted by Gasteiger charge is 2.16. The molecule has 0 saturated carbocycles. The highest BCUT2D eigenvalue weighted by atomic mass is 16.5. The summed E-state index contributed by atoms with van der Waals surface area (Å²) in [6.07, 6.45) is 2.16. The third-order valence-corrected chi connectivity index (χ3v) is 5.18. The van der Waals surface area contributed by atoms with Gasteiger partial charge in [-0.2, -0.15) is 0 Å². The summed E-state index contributed by atoms with van der Waals surface area (Å²) in [6, 6.07) is 20.9. The van der Waals surface area contributed by atoms with E-state index in [1.165, 1.54) is 0 Å². The number of nitrogens with one attached hydrogen (secondary N) is 3.